The molecule has 1 aliphatic carbocycles. The molecule has 1 aromatic rings. The number of fused-ring (bicyclic) bond motifs is 1. The van der Waals surface area contributed by atoms with E-state index in [9.17, 15) is 14.7 Å². The molecule has 2 aliphatic rings. The first-order chi connectivity index (χ1) is 10.1. The van der Waals surface area contributed by atoms with Crippen LogP contribution in [0.1, 0.15) is 42.5 Å². The van der Waals surface area contributed by atoms with Crippen molar-refractivity contribution in [1.82, 2.24) is 9.88 Å². The van der Waals surface area contributed by atoms with Gasteiger partial charge in [-0.2, -0.15) is 0 Å². The molecule has 1 aliphatic heterocycles. The molecule has 0 radical (unpaired) electrons. The van der Waals surface area contributed by atoms with Crippen LogP contribution in [-0.2, 0) is 4.79 Å². The average Bonchev–Trinajstić information content (AvgIpc) is 2.86. The number of nitrogens with zero attached hydrogens (tertiary/aromatic N) is 2. The smallest absolute Gasteiger partial charge is 0.326 e. The van der Waals surface area contributed by atoms with Crippen LogP contribution in [0.5, 0.6) is 0 Å². The van der Waals surface area contributed by atoms with E-state index >= 15 is 0 Å². The van der Waals surface area contributed by atoms with Crippen molar-refractivity contribution in [3.8, 4) is 0 Å². The van der Waals surface area contributed by atoms with Gasteiger partial charge in [0.25, 0.3) is 5.91 Å². The molecular formula is C15H17ClN2O3. The lowest BCUT2D eigenvalue weighted by Gasteiger charge is -2.33. The lowest BCUT2D eigenvalue weighted by atomic mass is 9.84. The number of amides is 1. The molecule has 21 heavy (non-hydrogen) atoms. The third-order valence-electron chi connectivity index (χ3n) is 4.56. The summed E-state index contributed by atoms with van der Waals surface area (Å²) < 4.78 is 0. The second-order valence-corrected chi connectivity index (χ2v) is 6.24. The minimum atomic E-state index is -0.923. The number of hydrogen-bond donors (Lipinski definition) is 1. The van der Waals surface area contributed by atoms with E-state index in [1.165, 1.54) is 12.4 Å². The largest absolute Gasteiger partial charge is 0.480 e. The van der Waals surface area contributed by atoms with E-state index in [-0.39, 0.29) is 11.9 Å². The van der Waals surface area contributed by atoms with Crippen molar-refractivity contribution in [1.29, 1.82) is 0 Å². The zero-order chi connectivity index (χ0) is 15.0. The van der Waals surface area contributed by atoms with E-state index in [0.717, 1.165) is 25.7 Å². The van der Waals surface area contributed by atoms with E-state index in [1.807, 2.05) is 0 Å². The highest BCUT2D eigenvalue weighted by Crippen LogP contribution is 2.40. The first-order valence-corrected chi connectivity index (χ1v) is 7.61. The highest BCUT2D eigenvalue weighted by atomic mass is 35.5. The van der Waals surface area contributed by atoms with E-state index in [1.54, 1.807) is 11.0 Å². The Morgan fingerprint density at radius 3 is 2.76 bits per heavy atom. The minimum absolute atomic E-state index is 0.0336. The van der Waals surface area contributed by atoms with Crippen molar-refractivity contribution in [2.24, 2.45) is 5.92 Å². The van der Waals surface area contributed by atoms with Gasteiger partial charge in [0.15, 0.2) is 0 Å². The number of pyridine rings is 1. The van der Waals surface area contributed by atoms with Crippen LogP contribution in [0.2, 0.25) is 5.02 Å². The first-order valence-electron chi connectivity index (χ1n) is 7.24. The number of halogens is 1. The maximum Gasteiger partial charge on any atom is 0.326 e. The molecule has 1 aromatic heterocycles. The molecule has 0 unspecified atom stereocenters. The monoisotopic (exact) mass is 308 g/mol. The lowest BCUT2D eigenvalue weighted by Crippen LogP contribution is -2.46. The molecule has 0 aromatic carbocycles. The van der Waals surface area contributed by atoms with Crippen LogP contribution in [0, 0.1) is 5.92 Å². The Labute approximate surface area is 127 Å². The summed E-state index contributed by atoms with van der Waals surface area (Å²) in [5.74, 6) is -0.893. The zero-order valence-corrected chi connectivity index (χ0v) is 12.3. The van der Waals surface area contributed by atoms with Crippen molar-refractivity contribution in [2.75, 3.05) is 0 Å². The number of rotatable bonds is 2. The predicted molar refractivity (Wildman–Crippen MR) is 77.2 cm³/mol. The van der Waals surface area contributed by atoms with Crippen LogP contribution in [0.25, 0.3) is 0 Å². The molecule has 1 amide bonds. The molecule has 2 heterocycles. The Hall–Kier alpha value is -1.62. The molecule has 0 spiro atoms. The van der Waals surface area contributed by atoms with E-state index in [4.69, 9.17) is 11.6 Å². The normalized spacial score (nSPS) is 28.2. The number of carbonyl (C=O) groups excluding carboxylic acids is 1. The molecule has 3 rings (SSSR count). The summed E-state index contributed by atoms with van der Waals surface area (Å²) in [6.45, 7) is 0. The Morgan fingerprint density at radius 1 is 1.29 bits per heavy atom. The van der Waals surface area contributed by atoms with Crippen molar-refractivity contribution in [3.05, 3.63) is 29.0 Å². The van der Waals surface area contributed by atoms with Crippen molar-refractivity contribution in [3.63, 3.8) is 0 Å². The summed E-state index contributed by atoms with van der Waals surface area (Å²) in [7, 11) is 0. The second-order valence-electron chi connectivity index (χ2n) is 5.81. The second kappa shape index (κ2) is 5.64. The maximum absolute atomic E-state index is 12.7. The summed E-state index contributed by atoms with van der Waals surface area (Å²) >= 11 is 5.88. The van der Waals surface area contributed by atoms with E-state index in [2.05, 4.69) is 4.98 Å². The van der Waals surface area contributed by atoms with Gasteiger partial charge in [-0.25, -0.2) is 4.79 Å². The van der Waals surface area contributed by atoms with Gasteiger partial charge in [-0.05, 0) is 31.2 Å². The molecule has 112 valence electrons. The number of carboxylic acids is 1. The highest BCUT2D eigenvalue weighted by molar-refractivity contribution is 6.30. The molecule has 5 nitrogen and oxygen atoms in total. The van der Waals surface area contributed by atoms with Crippen molar-refractivity contribution in [2.45, 2.75) is 44.2 Å². The highest BCUT2D eigenvalue weighted by Gasteiger charge is 2.47. The van der Waals surface area contributed by atoms with Gasteiger partial charge in [-0.3, -0.25) is 9.78 Å². The topological polar surface area (TPSA) is 70.5 Å². The van der Waals surface area contributed by atoms with Gasteiger partial charge < -0.3 is 10.0 Å². The molecule has 2 fully saturated rings. The summed E-state index contributed by atoms with van der Waals surface area (Å²) in [5, 5.41) is 9.83. The molecule has 3 atom stereocenters. The Kier molecular flexibility index (Phi) is 3.85. The van der Waals surface area contributed by atoms with Gasteiger partial charge in [0.2, 0.25) is 0 Å². The zero-order valence-electron chi connectivity index (χ0n) is 11.5. The summed E-state index contributed by atoms with van der Waals surface area (Å²) in [4.78, 5) is 29.7. The quantitative estimate of drug-likeness (QED) is 0.911. The Bertz CT molecular complexity index is 578. The molecule has 1 N–H and O–H groups in total. The number of carboxylic acid groups (broad SMARTS) is 1. The molecule has 0 bridgehead atoms. The molecule has 1 saturated carbocycles. The fourth-order valence-electron chi connectivity index (χ4n) is 3.65. The lowest BCUT2D eigenvalue weighted by molar-refractivity contribution is -0.141. The minimum Gasteiger partial charge on any atom is -0.480 e. The van der Waals surface area contributed by atoms with E-state index in [0.29, 0.717) is 22.9 Å². The van der Waals surface area contributed by atoms with Gasteiger partial charge in [0, 0.05) is 18.4 Å². The SMILES string of the molecule is O=C(O)[C@@H]1C[C@@H]2CCCC[C@@H]2N1C(=O)c1cncc(Cl)c1. The maximum atomic E-state index is 12.7. The number of likely N-dealkylation sites (tertiary alicyclic amines) is 1. The molecule has 1 saturated heterocycles. The van der Waals surface area contributed by atoms with Gasteiger partial charge in [0.1, 0.15) is 6.04 Å². The predicted octanol–water partition coefficient (Wildman–Crippen LogP) is 2.59. The van der Waals surface area contributed by atoms with Crippen LogP contribution in [0.15, 0.2) is 18.5 Å². The van der Waals surface area contributed by atoms with Crippen LogP contribution in [0.3, 0.4) is 0 Å². The average molecular weight is 309 g/mol. The van der Waals surface area contributed by atoms with Crippen molar-refractivity contribution < 1.29 is 14.7 Å². The van der Waals surface area contributed by atoms with Crippen LogP contribution in [0.4, 0.5) is 0 Å². The fourth-order valence-corrected chi connectivity index (χ4v) is 3.82. The van der Waals surface area contributed by atoms with Crippen LogP contribution in [-0.4, -0.2) is 39.0 Å². The Morgan fingerprint density at radius 2 is 2.05 bits per heavy atom. The molecule has 6 heteroatoms. The third-order valence-corrected chi connectivity index (χ3v) is 4.77. The summed E-state index contributed by atoms with van der Waals surface area (Å²) in [6, 6.07) is 0.849. The van der Waals surface area contributed by atoms with Crippen molar-refractivity contribution >= 4 is 23.5 Å². The fraction of sp³-hybridized carbons (Fsp3) is 0.533. The standard InChI is InChI=1S/C15H17ClN2O3/c16-11-5-10(7-17-8-11)14(19)18-12-4-2-1-3-9(12)6-13(18)15(20)21/h5,7-9,12-13H,1-4,6H2,(H,20,21)/t9-,12-,13-/m0/s1. The van der Waals surface area contributed by atoms with Crippen LogP contribution < -0.4 is 0 Å². The van der Waals surface area contributed by atoms with Gasteiger partial charge in [-0.1, -0.05) is 24.4 Å². The number of aromatic nitrogens is 1. The van der Waals surface area contributed by atoms with Gasteiger partial charge >= 0.3 is 5.97 Å². The van der Waals surface area contributed by atoms with Gasteiger partial charge in [0.05, 0.1) is 10.6 Å². The Balaban J connectivity index is 1.92. The number of carbonyl (C=O) groups is 2. The summed E-state index contributed by atoms with van der Waals surface area (Å²) in [6.07, 6.45) is 7.52. The third kappa shape index (κ3) is 2.62. The number of hydrogen-bond acceptors (Lipinski definition) is 3. The van der Waals surface area contributed by atoms with Gasteiger partial charge in [-0.15, -0.1) is 0 Å². The van der Waals surface area contributed by atoms with Crippen LogP contribution >= 0.6 is 11.6 Å². The first kappa shape index (κ1) is 14.3. The van der Waals surface area contributed by atoms with E-state index < -0.39 is 12.0 Å². The molecular weight excluding hydrogens is 292 g/mol. The number of aliphatic carboxylic acids is 1. The summed E-state index contributed by atoms with van der Waals surface area (Å²) in [5.41, 5.74) is 0.361.